The SMILES string of the molecule is CC(=O)NCc1nc(-c2nn(Cc3ccccc3F)c3ncccc23)n[nH]1.NCc1nc(-c2nn(Cc3ccccc3F)c3ncccc23)n[nH]1.O=C1CCC(=O)N1Cc1nc(-c2nn(Cc3ccccc3F)c3ncccc23)n[nH]1. The summed E-state index contributed by atoms with van der Waals surface area (Å²) in [4.78, 5) is 62.1. The molecule has 9 aromatic heterocycles. The molecule has 6 N–H and O–H groups in total. The van der Waals surface area contributed by atoms with Gasteiger partial charge in [-0.3, -0.25) is 34.6 Å². The van der Waals surface area contributed by atoms with E-state index >= 15 is 0 Å². The Hall–Kier alpha value is -10.7. The predicted octanol–water partition coefficient (Wildman–Crippen LogP) is 5.96. The van der Waals surface area contributed by atoms with Gasteiger partial charge >= 0.3 is 0 Å². The number of nitrogens with two attached hydrogens (primary N) is 1. The second-order valence-corrected chi connectivity index (χ2v) is 18.2. The molecule has 0 saturated carbocycles. The Bertz CT molecular complexity index is 4240. The summed E-state index contributed by atoms with van der Waals surface area (Å²) in [6.07, 6.45) is 5.41. The van der Waals surface area contributed by atoms with Crippen molar-refractivity contribution < 1.29 is 27.6 Å². The number of hydrogen-bond acceptors (Lipinski definition) is 16. The highest BCUT2D eigenvalue weighted by atomic mass is 19.1. The molecule has 10 heterocycles. The first-order valence-corrected chi connectivity index (χ1v) is 25.2. The fourth-order valence-electron chi connectivity index (χ4n) is 8.82. The van der Waals surface area contributed by atoms with Crippen LogP contribution in [0.3, 0.4) is 0 Å². The fraction of sp³-hybridized carbons (Fsp3) is 0.167. The van der Waals surface area contributed by atoms with Crippen LogP contribution in [0.2, 0.25) is 0 Å². The summed E-state index contributed by atoms with van der Waals surface area (Å²) in [5, 5.41) is 39.5. The molecular formula is C54H46F3N21O3. The number of imide groups is 1. The van der Waals surface area contributed by atoms with Gasteiger partial charge in [-0.05, 0) is 54.6 Å². The van der Waals surface area contributed by atoms with E-state index in [9.17, 15) is 27.6 Å². The van der Waals surface area contributed by atoms with Crippen LogP contribution in [-0.4, -0.2) is 112 Å². The molecule has 406 valence electrons. The summed E-state index contributed by atoms with van der Waals surface area (Å²) in [5.74, 6) is 1.13. The van der Waals surface area contributed by atoms with Crippen molar-refractivity contribution in [2.75, 3.05) is 0 Å². The summed E-state index contributed by atoms with van der Waals surface area (Å²) >= 11 is 0. The second-order valence-electron chi connectivity index (χ2n) is 18.2. The van der Waals surface area contributed by atoms with E-state index in [0.717, 1.165) is 10.8 Å². The molecule has 0 bridgehead atoms. The molecule has 0 spiro atoms. The lowest BCUT2D eigenvalue weighted by Crippen LogP contribution is -2.28. The minimum Gasteiger partial charge on any atom is -0.349 e. The lowest BCUT2D eigenvalue weighted by atomic mass is 10.2. The van der Waals surface area contributed by atoms with Crippen molar-refractivity contribution in [2.24, 2.45) is 5.73 Å². The molecule has 1 aliphatic heterocycles. The van der Waals surface area contributed by atoms with E-state index in [0.29, 0.717) is 91.0 Å². The summed E-state index contributed by atoms with van der Waals surface area (Å²) in [7, 11) is 0. The maximum absolute atomic E-state index is 14.1. The van der Waals surface area contributed by atoms with Crippen LogP contribution in [0.5, 0.6) is 0 Å². The van der Waals surface area contributed by atoms with Crippen molar-refractivity contribution in [3.8, 4) is 34.6 Å². The number of rotatable bonds is 14. The molecule has 81 heavy (non-hydrogen) atoms. The molecule has 3 amide bonds. The number of H-pyrrole nitrogens is 3. The highest BCUT2D eigenvalue weighted by Crippen LogP contribution is 2.29. The van der Waals surface area contributed by atoms with Crippen LogP contribution in [0, 0.1) is 17.5 Å². The molecule has 1 fully saturated rings. The second kappa shape index (κ2) is 23.1. The number of nitrogens with zero attached hydrogens (tertiary/aromatic N) is 16. The first-order chi connectivity index (χ1) is 39.5. The first kappa shape index (κ1) is 52.4. The van der Waals surface area contributed by atoms with E-state index < -0.39 is 0 Å². The van der Waals surface area contributed by atoms with E-state index in [2.05, 4.69) is 81.1 Å². The molecule has 24 nitrogen and oxygen atoms in total. The number of halogens is 3. The van der Waals surface area contributed by atoms with Gasteiger partial charge in [0.2, 0.25) is 35.2 Å². The average molecular weight is 1090 g/mol. The summed E-state index contributed by atoms with van der Waals surface area (Å²) in [6, 6.07) is 30.6. The Morgan fingerprint density at radius 3 is 1.27 bits per heavy atom. The molecule has 0 radical (unpaired) electrons. The van der Waals surface area contributed by atoms with Gasteiger partial charge in [-0.2, -0.15) is 30.6 Å². The molecule has 1 aliphatic rings. The zero-order valence-corrected chi connectivity index (χ0v) is 42.9. The summed E-state index contributed by atoms with van der Waals surface area (Å²) in [6.45, 7) is 2.69. The van der Waals surface area contributed by atoms with Gasteiger partial charge in [0.05, 0.1) is 55.4 Å². The normalized spacial score (nSPS) is 12.3. The lowest BCUT2D eigenvalue weighted by Gasteiger charge is -2.10. The van der Waals surface area contributed by atoms with Gasteiger partial charge in [0, 0.05) is 55.0 Å². The predicted molar refractivity (Wildman–Crippen MR) is 285 cm³/mol. The minimum absolute atomic E-state index is 0.0385. The number of pyridine rings is 3. The van der Waals surface area contributed by atoms with Crippen molar-refractivity contribution in [1.82, 2.24) is 100 Å². The number of aromatic nitrogens is 18. The molecule has 0 aliphatic carbocycles. The van der Waals surface area contributed by atoms with Gasteiger partial charge in [-0.25, -0.2) is 57.1 Å². The molecule has 0 unspecified atom stereocenters. The van der Waals surface area contributed by atoms with Crippen molar-refractivity contribution in [1.29, 1.82) is 0 Å². The molecule has 1 saturated heterocycles. The van der Waals surface area contributed by atoms with Crippen LogP contribution in [0.15, 0.2) is 128 Å². The lowest BCUT2D eigenvalue weighted by molar-refractivity contribution is -0.139. The largest absolute Gasteiger partial charge is 0.349 e. The number of fused-ring (bicyclic) bond motifs is 3. The zero-order valence-electron chi connectivity index (χ0n) is 42.9. The van der Waals surface area contributed by atoms with Crippen LogP contribution in [0.4, 0.5) is 13.2 Å². The third-order valence-electron chi connectivity index (χ3n) is 12.7. The Morgan fingerprint density at radius 2 is 0.889 bits per heavy atom. The van der Waals surface area contributed by atoms with Gasteiger partial charge in [-0.15, -0.1) is 0 Å². The molecule has 12 aromatic rings. The maximum atomic E-state index is 14.1. The Labute approximate surface area is 455 Å². The van der Waals surface area contributed by atoms with Gasteiger partial charge in [0.25, 0.3) is 0 Å². The van der Waals surface area contributed by atoms with Crippen LogP contribution < -0.4 is 11.1 Å². The van der Waals surface area contributed by atoms with Crippen LogP contribution in [0.1, 0.15) is 53.9 Å². The number of aromatic amines is 3. The third-order valence-corrected chi connectivity index (χ3v) is 12.7. The van der Waals surface area contributed by atoms with Crippen molar-refractivity contribution in [3.63, 3.8) is 0 Å². The average Bonchev–Trinajstić information content (AvgIpc) is 4.48. The van der Waals surface area contributed by atoms with Gasteiger partial charge in [-0.1, -0.05) is 54.6 Å². The van der Waals surface area contributed by atoms with Gasteiger partial charge in [0.1, 0.15) is 52.0 Å². The van der Waals surface area contributed by atoms with E-state index in [1.807, 2.05) is 24.3 Å². The van der Waals surface area contributed by atoms with Crippen LogP contribution >= 0.6 is 0 Å². The Kier molecular flexibility index (Phi) is 14.9. The standard InChI is InChI=1S/C20H16FN7O2.C18H16FN7O.C16H14FN7/c21-14-6-2-1-4-12(14)10-28-20-13(5-3-9-22-20)18(26-28)19-23-15(24-25-19)11-27-16(29)7-8-17(27)30;1-11(27)21-9-15-22-17(24-23-15)16-13-6-4-8-20-18(13)26(25-16)10-12-5-2-3-7-14(12)19;17-12-6-2-1-4-10(12)9-24-16-11(5-3-7-19-16)14(23-24)15-20-13(8-18)21-22-15/h1-6,9H,7-8,10-11H2,(H,23,24,25);2-8H,9-10H2,1H3,(H,21,27)(H,22,23,24);1-7H,8-9,18H2,(H,20,21,22). The van der Waals surface area contributed by atoms with Crippen LogP contribution in [0.25, 0.3) is 67.7 Å². The molecule has 3 aromatic carbocycles. The Balaban J connectivity index is 0.000000129. The van der Waals surface area contributed by atoms with E-state index in [1.165, 1.54) is 30.0 Å². The number of amides is 3. The number of nitrogens with one attached hydrogen (secondary N) is 4. The molecule has 0 atom stereocenters. The number of likely N-dealkylation sites (tertiary alicyclic amines) is 1. The number of carbonyl (C=O) groups excluding carboxylic acids is 3. The van der Waals surface area contributed by atoms with Gasteiger partial charge in [0.15, 0.2) is 16.9 Å². The Morgan fingerprint density at radius 1 is 0.519 bits per heavy atom. The van der Waals surface area contributed by atoms with Crippen molar-refractivity contribution in [3.05, 3.63) is 179 Å². The van der Waals surface area contributed by atoms with E-state index in [-0.39, 0.29) is 87.3 Å². The minimum atomic E-state index is -0.321. The highest BCUT2D eigenvalue weighted by molar-refractivity contribution is 6.01. The number of hydrogen-bond donors (Lipinski definition) is 5. The first-order valence-electron chi connectivity index (χ1n) is 25.2. The van der Waals surface area contributed by atoms with Crippen molar-refractivity contribution >= 4 is 50.8 Å². The fourth-order valence-corrected chi connectivity index (χ4v) is 8.82. The van der Waals surface area contributed by atoms with E-state index in [4.69, 9.17) is 5.73 Å². The van der Waals surface area contributed by atoms with Crippen LogP contribution in [-0.2, 0) is 53.7 Å². The number of benzene rings is 3. The van der Waals surface area contributed by atoms with E-state index in [1.54, 1.807) is 99.4 Å². The summed E-state index contributed by atoms with van der Waals surface area (Å²) in [5.41, 5.74) is 10.6. The smallest absolute Gasteiger partial charge is 0.230 e. The molecule has 27 heteroatoms. The molecular weight excluding hydrogens is 1050 g/mol. The topological polar surface area (TPSA) is 309 Å². The zero-order chi connectivity index (χ0) is 56.0. The molecule has 13 rings (SSSR count). The third kappa shape index (κ3) is 11.3. The van der Waals surface area contributed by atoms with Gasteiger partial charge < -0.3 is 11.1 Å². The quantitative estimate of drug-likeness (QED) is 0.0785. The monoisotopic (exact) mass is 1090 g/mol. The van der Waals surface area contributed by atoms with Crippen molar-refractivity contribution in [2.45, 2.75) is 59.0 Å². The highest BCUT2D eigenvalue weighted by Gasteiger charge is 2.30. The maximum Gasteiger partial charge on any atom is 0.230 e. The summed E-state index contributed by atoms with van der Waals surface area (Å²) < 4.78 is 47.0. The number of carbonyl (C=O) groups is 3.